The predicted molar refractivity (Wildman–Crippen MR) is 81.6 cm³/mol. The summed E-state index contributed by atoms with van der Waals surface area (Å²) in [7, 11) is 0. The normalized spacial score (nSPS) is 14.0. The predicted octanol–water partition coefficient (Wildman–Crippen LogP) is 4.62. The zero-order valence-electron chi connectivity index (χ0n) is 11.6. The molecule has 0 aliphatic carbocycles. The van der Waals surface area contributed by atoms with Gasteiger partial charge in [0.15, 0.2) is 5.82 Å². The maximum Gasteiger partial charge on any atom is 0.151 e. The Hall–Kier alpha value is -0.740. The molecule has 0 amide bonds. The van der Waals surface area contributed by atoms with Gasteiger partial charge in [0, 0.05) is 11.3 Å². The molecule has 1 unspecified atom stereocenters. The fourth-order valence-corrected chi connectivity index (χ4v) is 2.47. The molecule has 1 heterocycles. The third-order valence-corrected chi connectivity index (χ3v) is 4.64. The summed E-state index contributed by atoms with van der Waals surface area (Å²) in [5, 5.41) is -0.246. The van der Waals surface area contributed by atoms with Gasteiger partial charge in [0.25, 0.3) is 0 Å². The summed E-state index contributed by atoms with van der Waals surface area (Å²) in [6, 6.07) is 5.04. The number of para-hydroxylation sites is 1. The highest BCUT2D eigenvalue weighted by Crippen LogP contribution is 2.31. The van der Waals surface area contributed by atoms with Crippen LogP contribution in [-0.4, -0.2) is 20.6 Å². The Morgan fingerprint density at radius 2 is 2.16 bits per heavy atom. The van der Waals surface area contributed by atoms with Crippen LogP contribution in [-0.2, 0) is 6.54 Å². The molecule has 0 N–H and O–H groups in total. The molecule has 0 spiro atoms. The van der Waals surface area contributed by atoms with Gasteiger partial charge in [0.1, 0.15) is 11.3 Å². The Balaban J connectivity index is 2.62. The molecule has 2 rings (SSSR count). The molecule has 2 nitrogen and oxygen atoms in total. The van der Waals surface area contributed by atoms with Crippen molar-refractivity contribution in [3.8, 4) is 0 Å². The van der Waals surface area contributed by atoms with Crippen LogP contribution in [0.15, 0.2) is 18.2 Å². The first kappa shape index (κ1) is 14.7. The topological polar surface area (TPSA) is 17.8 Å². The van der Waals surface area contributed by atoms with Gasteiger partial charge in [-0.05, 0) is 39.2 Å². The van der Waals surface area contributed by atoms with Gasteiger partial charge in [-0.2, -0.15) is 11.8 Å². The van der Waals surface area contributed by atoms with Gasteiger partial charge in [0.05, 0.1) is 10.9 Å². The van der Waals surface area contributed by atoms with Gasteiger partial charge >= 0.3 is 0 Å². The van der Waals surface area contributed by atoms with Crippen molar-refractivity contribution >= 4 is 34.4 Å². The number of rotatable bonds is 4. The van der Waals surface area contributed by atoms with E-state index in [9.17, 15) is 4.39 Å². The van der Waals surface area contributed by atoms with E-state index >= 15 is 0 Å². The maximum atomic E-state index is 13.8. The first-order valence-corrected chi connectivity index (χ1v) is 7.86. The number of imidazole rings is 1. The van der Waals surface area contributed by atoms with Crippen molar-refractivity contribution in [1.82, 2.24) is 9.55 Å². The van der Waals surface area contributed by atoms with E-state index in [1.807, 2.05) is 17.6 Å². The van der Waals surface area contributed by atoms with E-state index in [-0.39, 0.29) is 15.9 Å². The van der Waals surface area contributed by atoms with Crippen molar-refractivity contribution in [2.24, 2.45) is 0 Å². The van der Waals surface area contributed by atoms with Crippen molar-refractivity contribution in [1.29, 1.82) is 0 Å². The SMILES string of the molecule is CSC(C)(C)Cn1c(C(C)Cl)nc2c(F)cccc21. The molecule has 0 saturated carbocycles. The highest BCUT2D eigenvalue weighted by atomic mass is 35.5. The van der Waals surface area contributed by atoms with E-state index < -0.39 is 0 Å². The summed E-state index contributed by atoms with van der Waals surface area (Å²) in [6.07, 6.45) is 2.07. The lowest BCUT2D eigenvalue weighted by atomic mass is 10.2. The average molecular weight is 301 g/mol. The van der Waals surface area contributed by atoms with Gasteiger partial charge in [-0.15, -0.1) is 11.6 Å². The zero-order chi connectivity index (χ0) is 14.2. The molecular formula is C14H18ClFN2S. The molecule has 5 heteroatoms. The fourth-order valence-electron chi connectivity index (χ4n) is 2.05. The van der Waals surface area contributed by atoms with Crippen LogP contribution in [0.3, 0.4) is 0 Å². The van der Waals surface area contributed by atoms with Crippen LogP contribution in [0.4, 0.5) is 4.39 Å². The van der Waals surface area contributed by atoms with Crippen LogP contribution in [0.1, 0.15) is 32.0 Å². The minimum atomic E-state index is -0.295. The average Bonchev–Trinajstić information content (AvgIpc) is 2.69. The lowest BCUT2D eigenvalue weighted by Crippen LogP contribution is -2.23. The molecule has 0 bridgehead atoms. The maximum absolute atomic E-state index is 13.8. The second-order valence-corrected chi connectivity index (χ2v) is 7.41. The number of nitrogens with zero attached hydrogens (tertiary/aromatic N) is 2. The van der Waals surface area contributed by atoms with Crippen LogP contribution in [0.25, 0.3) is 11.0 Å². The summed E-state index contributed by atoms with van der Waals surface area (Å²) in [4.78, 5) is 4.38. The van der Waals surface area contributed by atoms with Crippen molar-refractivity contribution in [2.75, 3.05) is 6.26 Å². The number of alkyl halides is 1. The highest BCUT2D eigenvalue weighted by Gasteiger charge is 2.23. The Morgan fingerprint density at radius 3 is 2.74 bits per heavy atom. The van der Waals surface area contributed by atoms with Gasteiger partial charge < -0.3 is 4.57 Å². The Bertz CT molecular complexity index is 592. The van der Waals surface area contributed by atoms with Crippen LogP contribution in [0.5, 0.6) is 0 Å². The number of thioether (sulfide) groups is 1. The second-order valence-electron chi connectivity index (χ2n) is 5.24. The van der Waals surface area contributed by atoms with E-state index in [1.165, 1.54) is 6.07 Å². The van der Waals surface area contributed by atoms with Crippen molar-refractivity contribution in [3.63, 3.8) is 0 Å². The molecule has 0 radical (unpaired) electrons. The molecule has 0 aliphatic rings. The minimum Gasteiger partial charge on any atom is -0.325 e. The summed E-state index contributed by atoms with van der Waals surface area (Å²) in [5.41, 5.74) is 1.21. The van der Waals surface area contributed by atoms with Crippen molar-refractivity contribution in [3.05, 3.63) is 29.8 Å². The van der Waals surface area contributed by atoms with Crippen LogP contribution < -0.4 is 0 Å². The number of aromatic nitrogens is 2. The second kappa shape index (κ2) is 5.33. The standard InChI is InChI=1S/C14H18ClFN2S/c1-9(15)13-17-12-10(16)6-5-7-11(12)18(13)8-14(2,3)19-4/h5-7,9H,8H2,1-4H3. The third-order valence-electron chi connectivity index (χ3n) is 3.21. The van der Waals surface area contributed by atoms with Crippen LogP contribution in [0, 0.1) is 5.82 Å². The smallest absolute Gasteiger partial charge is 0.151 e. The van der Waals surface area contributed by atoms with Gasteiger partial charge in [0.2, 0.25) is 0 Å². The molecule has 2 aromatic rings. The van der Waals surface area contributed by atoms with Crippen molar-refractivity contribution < 1.29 is 4.39 Å². The number of fused-ring (bicyclic) bond motifs is 1. The van der Waals surface area contributed by atoms with E-state index in [0.717, 1.165) is 17.9 Å². The first-order valence-electron chi connectivity index (χ1n) is 6.19. The molecule has 19 heavy (non-hydrogen) atoms. The summed E-state index contributed by atoms with van der Waals surface area (Å²) < 4.78 is 15.9. The summed E-state index contributed by atoms with van der Waals surface area (Å²) >= 11 is 7.96. The fraction of sp³-hybridized carbons (Fsp3) is 0.500. The Kier molecular flexibility index (Phi) is 4.11. The number of hydrogen-bond donors (Lipinski definition) is 0. The number of halogens is 2. The van der Waals surface area contributed by atoms with Gasteiger partial charge in [-0.3, -0.25) is 0 Å². The van der Waals surface area contributed by atoms with Gasteiger partial charge in [-0.25, -0.2) is 9.37 Å². The number of benzene rings is 1. The van der Waals surface area contributed by atoms with Crippen LogP contribution >= 0.6 is 23.4 Å². The summed E-state index contributed by atoms with van der Waals surface area (Å²) in [5.74, 6) is 0.431. The largest absolute Gasteiger partial charge is 0.325 e. The summed E-state index contributed by atoms with van der Waals surface area (Å²) in [6.45, 7) is 6.93. The molecule has 1 aromatic heterocycles. The zero-order valence-corrected chi connectivity index (χ0v) is 13.1. The van der Waals surface area contributed by atoms with E-state index in [4.69, 9.17) is 11.6 Å². The van der Waals surface area contributed by atoms with Crippen molar-refractivity contribution in [2.45, 2.75) is 37.4 Å². The first-order chi connectivity index (χ1) is 8.85. The van der Waals surface area contributed by atoms with Crippen LogP contribution in [0.2, 0.25) is 0 Å². The molecule has 0 saturated heterocycles. The molecule has 1 atom stereocenters. The van der Waals surface area contributed by atoms with E-state index in [2.05, 4.69) is 25.1 Å². The van der Waals surface area contributed by atoms with Gasteiger partial charge in [-0.1, -0.05) is 6.07 Å². The molecule has 1 aromatic carbocycles. The Morgan fingerprint density at radius 1 is 1.47 bits per heavy atom. The highest BCUT2D eigenvalue weighted by molar-refractivity contribution is 7.99. The van der Waals surface area contributed by atoms with E-state index in [1.54, 1.807) is 17.8 Å². The quantitative estimate of drug-likeness (QED) is 0.767. The third kappa shape index (κ3) is 2.90. The van der Waals surface area contributed by atoms with E-state index in [0.29, 0.717) is 5.52 Å². The Labute approximate surface area is 122 Å². The lowest BCUT2D eigenvalue weighted by molar-refractivity contribution is 0.559. The molecular weight excluding hydrogens is 283 g/mol. The molecule has 0 aliphatic heterocycles. The molecule has 104 valence electrons. The lowest BCUT2D eigenvalue weighted by Gasteiger charge is -2.24. The number of hydrogen-bond acceptors (Lipinski definition) is 2. The monoisotopic (exact) mass is 300 g/mol. The molecule has 0 fully saturated rings. The minimum absolute atomic E-state index is 0.0421.